The Bertz CT molecular complexity index is 272. The number of rotatable bonds is 1. The van der Waals surface area contributed by atoms with Crippen molar-refractivity contribution in [3.8, 4) is 6.07 Å². The number of carbonyl (C=O) groups is 1. The largest absolute Gasteiger partial charge is 0.430 e. The third-order valence-electron chi connectivity index (χ3n) is 0.991. The fourth-order valence-electron chi connectivity index (χ4n) is 0.635. The number of cyclic esters (lactones) is 1. The van der Waals surface area contributed by atoms with Crippen molar-refractivity contribution in [3.05, 3.63) is 24.4 Å². The normalized spacial score (nSPS) is 16.1. The molecule has 4 nitrogen and oxygen atoms in total. The first-order valence-corrected chi connectivity index (χ1v) is 2.88. The average Bonchev–Trinajstić information content (AvgIpc) is 1.85. The molecule has 0 aromatic carbocycles. The fraction of sp³-hybridized carbons (Fsp3) is 0.143. The van der Waals surface area contributed by atoms with Crippen molar-refractivity contribution in [2.45, 2.75) is 6.42 Å². The number of nitriles is 1. The van der Waals surface area contributed by atoms with Crippen LogP contribution < -0.4 is 0 Å². The summed E-state index contributed by atoms with van der Waals surface area (Å²) in [6, 6.07) is 1.84. The van der Waals surface area contributed by atoms with Crippen LogP contribution in [-0.4, -0.2) is 5.97 Å². The molecule has 1 aliphatic rings. The van der Waals surface area contributed by atoms with Crippen LogP contribution in [0, 0.1) is 11.3 Å². The summed E-state index contributed by atoms with van der Waals surface area (Å²) < 4.78 is 9.22. The summed E-state index contributed by atoms with van der Waals surface area (Å²) in [6.45, 7) is 3.28. The lowest BCUT2D eigenvalue weighted by atomic mass is 10.3. The number of nitrogens with zero attached hydrogens (tertiary/aromatic N) is 1. The molecule has 0 N–H and O–H groups in total. The van der Waals surface area contributed by atoms with Crippen LogP contribution in [0.1, 0.15) is 6.42 Å². The molecule has 0 aromatic heterocycles. The lowest BCUT2D eigenvalue weighted by molar-refractivity contribution is -0.140. The van der Waals surface area contributed by atoms with E-state index in [0.29, 0.717) is 0 Å². The van der Waals surface area contributed by atoms with Crippen molar-refractivity contribution >= 4 is 5.97 Å². The van der Waals surface area contributed by atoms with E-state index in [1.54, 1.807) is 0 Å². The van der Waals surface area contributed by atoms with Gasteiger partial charge in [0.15, 0.2) is 0 Å². The van der Waals surface area contributed by atoms with E-state index in [-0.39, 0.29) is 18.1 Å². The van der Waals surface area contributed by atoms with Gasteiger partial charge < -0.3 is 9.47 Å². The molecule has 0 amide bonds. The minimum Gasteiger partial charge on any atom is -0.430 e. The zero-order valence-corrected chi connectivity index (χ0v) is 5.66. The molecular weight excluding hydrogens is 146 g/mol. The van der Waals surface area contributed by atoms with Crippen molar-refractivity contribution in [1.29, 1.82) is 5.26 Å². The van der Waals surface area contributed by atoms with Crippen LogP contribution in [0.5, 0.6) is 0 Å². The van der Waals surface area contributed by atoms with Crippen molar-refractivity contribution < 1.29 is 14.3 Å². The summed E-state index contributed by atoms with van der Waals surface area (Å²) in [5.74, 6) is -0.358. The number of carbonyl (C=O) groups excluding carboxylic acids is 1. The predicted octanol–water partition coefficient (Wildman–Crippen LogP) is 0.829. The summed E-state index contributed by atoms with van der Waals surface area (Å²) in [6.07, 6.45) is 1.17. The van der Waals surface area contributed by atoms with Crippen LogP contribution in [0.3, 0.4) is 0 Å². The maximum atomic E-state index is 10.6. The van der Waals surface area contributed by atoms with Gasteiger partial charge in [-0.3, -0.25) is 0 Å². The van der Waals surface area contributed by atoms with Gasteiger partial charge in [-0.25, -0.2) is 4.79 Å². The standard InChI is InChI=1S/C7H5NO3/c1-5-10-6(2-3-8)4-7(9)11-5/h4H,1-2H2. The van der Waals surface area contributed by atoms with E-state index in [2.05, 4.69) is 11.3 Å². The van der Waals surface area contributed by atoms with E-state index in [1.165, 1.54) is 0 Å². The van der Waals surface area contributed by atoms with Gasteiger partial charge in [0, 0.05) is 0 Å². The highest BCUT2D eigenvalue weighted by atomic mass is 16.7. The molecule has 1 aliphatic heterocycles. The highest BCUT2D eigenvalue weighted by Crippen LogP contribution is 2.15. The number of hydrogen-bond donors (Lipinski definition) is 0. The Balaban J connectivity index is 2.73. The Morgan fingerprint density at radius 3 is 2.91 bits per heavy atom. The number of ether oxygens (including phenoxy) is 2. The third-order valence-corrected chi connectivity index (χ3v) is 0.991. The van der Waals surface area contributed by atoms with Crippen molar-refractivity contribution in [2.24, 2.45) is 0 Å². The van der Waals surface area contributed by atoms with E-state index in [1.807, 2.05) is 6.07 Å². The predicted molar refractivity (Wildman–Crippen MR) is 34.6 cm³/mol. The zero-order valence-electron chi connectivity index (χ0n) is 5.66. The van der Waals surface area contributed by atoms with Gasteiger partial charge in [-0.2, -0.15) is 5.26 Å². The van der Waals surface area contributed by atoms with E-state index < -0.39 is 5.97 Å². The molecule has 11 heavy (non-hydrogen) atoms. The fourth-order valence-corrected chi connectivity index (χ4v) is 0.635. The van der Waals surface area contributed by atoms with E-state index in [0.717, 1.165) is 6.08 Å². The molecule has 4 heteroatoms. The Kier molecular flexibility index (Phi) is 1.93. The van der Waals surface area contributed by atoms with Gasteiger partial charge in [0.05, 0.1) is 18.6 Å². The van der Waals surface area contributed by atoms with Gasteiger partial charge >= 0.3 is 5.97 Å². The minimum atomic E-state index is -0.550. The lowest BCUT2D eigenvalue weighted by Gasteiger charge is -2.13. The monoisotopic (exact) mass is 151 g/mol. The van der Waals surface area contributed by atoms with Crippen molar-refractivity contribution in [1.82, 2.24) is 0 Å². The van der Waals surface area contributed by atoms with Crippen LogP contribution in [0.15, 0.2) is 24.4 Å². The SMILES string of the molecule is C=C1OC(=O)C=C(CC#N)O1. The molecule has 1 rings (SSSR count). The van der Waals surface area contributed by atoms with Crippen LogP contribution in [-0.2, 0) is 14.3 Å². The van der Waals surface area contributed by atoms with Gasteiger partial charge in [0.2, 0.25) is 0 Å². The van der Waals surface area contributed by atoms with Gasteiger partial charge in [0.1, 0.15) is 5.76 Å². The zero-order chi connectivity index (χ0) is 8.27. The number of hydrogen-bond acceptors (Lipinski definition) is 4. The molecule has 0 radical (unpaired) electrons. The summed E-state index contributed by atoms with van der Waals surface area (Å²) in [5.41, 5.74) is 0. The summed E-state index contributed by atoms with van der Waals surface area (Å²) in [5, 5.41) is 8.24. The molecule has 0 aromatic rings. The first kappa shape index (κ1) is 7.35. The van der Waals surface area contributed by atoms with Crippen LogP contribution in [0.2, 0.25) is 0 Å². The third kappa shape index (κ3) is 1.83. The summed E-state index contributed by atoms with van der Waals surface area (Å²) >= 11 is 0. The first-order chi connectivity index (χ1) is 5.22. The molecule has 0 unspecified atom stereocenters. The number of allylic oxidation sites excluding steroid dienone is 1. The second kappa shape index (κ2) is 2.88. The molecule has 0 spiro atoms. The van der Waals surface area contributed by atoms with Crippen molar-refractivity contribution in [2.75, 3.05) is 0 Å². The molecule has 0 aliphatic carbocycles. The minimum absolute atomic E-state index is 0.0497. The maximum absolute atomic E-state index is 10.6. The van der Waals surface area contributed by atoms with E-state index in [4.69, 9.17) is 10.00 Å². The topological polar surface area (TPSA) is 59.3 Å². The highest BCUT2D eigenvalue weighted by molar-refractivity contribution is 5.84. The van der Waals surface area contributed by atoms with Gasteiger partial charge in [-0.1, -0.05) is 0 Å². The van der Waals surface area contributed by atoms with Gasteiger partial charge in [-0.05, 0) is 6.58 Å². The highest BCUT2D eigenvalue weighted by Gasteiger charge is 2.14. The first-order valence-electron chi connectivity index (χ1n) is 2.88. The maximum Gasteiger partial charge on any atom is 0.341 e. The smallest absolute Gasteiger partial charge is 0.341 e. The molecule has 1 heterocycles. The molecule has 0 fully saturated rings. The Labute approximate surface area is 63.3 Å². The Morgan fingerprint density at radius 1 is 1.64 bits per heavy atom. The quantitative estimate of drug-likeness (QED) is 0.521. The summed E-state index contributed by atoms with van der Waals surface area (Å²) in [4.78, 5) is 10.6. The van der Waals surface area contributed by atoms with E-state index in [9.17, 15) is 4.79 Å². The molecular formula is C7H5NO3. The van der Waals surface area contributed by atoms with Crippen LogP contribution >= 0.6 is 0 Å². The Morgan fingerprint density at radius 2 is 2.36 bits per heavy atom. The average molecular weight is 151 g/mol. The lowest BCUT2D eigenvalue weighted by Crippen LogP contribution is -2.10. The van der Waals surface area contributed by atoms with Gasteiger partial charge in [-0.15, -0.1) is 0 Å². The summed E-state index contributed by atoms with van der Waals surface area (Å²) in [7, 11) is 0. The Hall–Kier alpha value is -1.76. The molecule has 0 saturated heterocycles. The second-order valence-electron chi connectivity index (χ2n) is 1.84. The molecule has 56 valence electrons. The van der Waals surface area contributed by atoms with Crippen LogP contribution in [0.25, 0.3) is 0 Å². The van der Waals surface area contributed by atoms with E-state index >= 15 is 0 Å². The number of esters is 1. The molecule has 0 saturated carbocycles. The van der Waals surface area contributed by atoms with Gasteiger partial charge in [0.25, 0.3) is 5.95 Å². The van der Waals surface area contributed by atoms with Crippen LogP contribution in [0.4, 0.5) is 0 Å². The van der Waals surface area contributed by atoms with Crippen molar-refractivity contribution in [3.63, 3.8) is 0 Å². The molecule has 0 atom stereocenters. The molecule has 0 bridgehead atoms. The second-order valence-corrected chi connectivity index (χ2v) is 1.84.